The molecule has 0 bridgehead atoms. The van der Waals surface area contributed by atoms with Gasteiger partial charge < -0.3 is 4.52 Å². The van der Waals surface area contributed by atoms with Gasteiger partial charge in [0, 0.05) is 10.9 Å². The molecule has 1 aromatic carbocycles. The molecule has 0 spiro atoms. The molecular weight excluding hydrogens is 336 g/mol. The van der Waals surface area contributed by atoms with E-state index in [0.717, 1.165) is 16.3 Å². The molecule has 0 aliphatic heterocycles. The largest absolute Gasteiger partial charge is 0.339 e. The van der Waals surface area contributed by atoms with Crippen LogP contribution in [0.2, 0.25) is 0 Å². The molecule has 0 saturated carbocycles. The lowest BCUT2D eigenvalue weighted by molar-refractivity contribution is 0.385. The van der Waals surface area contributed by atoms with E-state index in [1.807, 2.05) is 17.5 Å². The van der Waals surface area contributed by atoms with Gasteiger partial charge in [0.05, 0.1) is 12.1 Å². The quantitative estimate of drug-likeness (QED) is 0.589. The minimum Gasteiger partial charge on any atom is -0.339 e. The van der Waals surface area contributed by atoms with Gasteiger partial charge in [0.15, 0.2) is 10.8 Å². The molecular formula is C17H16N6OS. The van der Waals surface area contributed by atoms with E-state index in [1.54, 1.807) is 0 Å². The third-order valence-electron chi connectivity index (χ3n) is 3.81. The predicted molar refractivity (Wildman–Crippen MR) is 94.1 cm³/mol. The molecule has 0 fully saturated rings. The Morgan fingerprint density at radius 3 is 2.72 bits per heavy atom. The van der Waals surface area contributed by atoms with Gasteiger partial charge in [0.1, 0.15) is 6.33 Å². The number of aromatic nitrogens is 6. The second-order valence-corrected chi connectivity index (χ2v) is 6.80. The standard InChI is InChI=1S/C17H16N6OS/c1-10(2)11-3-5-12(6-4-11)15-21-14(24-23-15)7-13-8-25-17(20-13)16-18-9-19-22-16/h3-6,8-10H,7H2,1-2H3,(H,18,19,22). The Kier molecular flexibility index (Phi) is 4.10. The van der Waals surface area contributed by atoms with Crippen molar-refractivity contribution < 1.29 is 4.52 Å². The van der Waals surface area contributed by atoms with Crippen LogP contribution in [0, 0.1) is 0 Å². The number of hydrogen-bond donors (Lipinski definition) is 1. The van der Waals surface area contributed by atoms with Crippen molar-refractivity contribution in [1.82, 2.24) is 30.3 Å². The van der Waals surface area contributed by atoms with E-state index < -0.39 is 0 Å². The summed E-state index contributed by atoms with van der Waals surface area (Å²) in [5.41, 5.74) is 3.09. The van der Waals surface area contributed by atoms with Crippen molar-refractivity contribution >= 4 is 11.3 Å². The van der Waals surface area contributed by atoms with Crippen LogP contribution in [0.3, 0.4) is 0 Å². The first kappa shape index (κ1) is 15.6. The fraction of sp³-hybridized carbons (Fsp3) is 0.235. The molecule has 4 aromatic rings. The summed E-state index contributed by atoms with van der Waals surface area (Å²) in [6, 6.07) is 8.24. The summed E-state index contributed by atoms with van der Waals surface area (Å²) >= 11 is 1.50. The second-order valence-electron chi connectivity index (χ2n) is 5.94. The lowest BCUT2D eigenvalue weighted by Crippen LogP contribution is -1.90. The van der Waals surface area contributed by atoms with Gasteiger partial charge in [-0.1, -0.05) is 43.3 Å². The number of H-pyrrole nitrogens is 1. The van der Waals surface area contributed by atoms with Crippen LogP contribution >= 0.6 is 11.3 Å². The maximum absolute atomic E-state index is 5.37. The summed E-state index contributed by atoms with van der Waals surface area (Å²) in [5, 5.41) is 13.5. The van der Waals surface area contributed by atoms with Crippen LogP contribution in [-0.2, 0) is 6.42 Å². The van der Waals surface area contributed by atoms with E-state index in [-0.39, 0.29) is 0 Å². The Balaban J connectivity index is 1.50. The van der Waals surface area contributed by atoms with Gasteiger partial charge >= 0.3 is 0 Å². The van der Waals surface area contributed by atoms with E-state index in [9.17, 15) is 0 Å². The zero-order valence-corrected chi connectivity index (χ0v) is 14.6. The Morgan fingerprint density at radius 2 is 2.00 bits per heavy atom. The third kappa shape index (κ3) is 3.34. The Morgan fingerprint density at radius 1 is 1.16 bits per heavy atom. The van der Waals surface area contributed by atoms with Gasteiger partial charge in [0.2, 0.25) is 11.7 Å². The highest BCUT2D eigenvalue weighted by atomic mass is 32.1. The minimum absolute atomic E-state index is 0.488. The van der Waals surface area contributed by atoms with Crippen LogP contribution < -0.4 is 0 Å². The van der Waals surface area contributed by atoms with Gasteiger partial charge in [-0.2, -0.15) is 10.1 Å². The Bertz CT molecular complexity index is 955. The average molecular weight is 352 g/mol. The van der Waals surface area contributed by atoms with E-state index in [2.05, 4.69) is 56.3 Å². The maximum Gasteiger partial charge on any atom is 0.233 e. The van der Waals surface area contributed by atoms with Gasteiger partial charge in [-0.15, -0.1) is 11.3 Å². The Labute approximate surface area is 148 Å². The molecule has 3 heterocycles. The second kappa shape index (κ2) is 6.56. The summed E-state index contributed by atoms with van der Waals surface area (Å²) in [6.07, 6.45) is 1.95. The topological polar surface area (TPSA) is 93.4 Å². The van der Waals surface area contributed by atoms with Crippen molar-refractivity contribution in [3.8, 4) is 22.2 Å². The molecule has 3 aromatic heterocycles. The summed E-state index contributed by atoms with van der Waals surface area (Å²) in [5.74, 6) is 2.29. The molecule has 7 nitrogen and oxygen atoms in total. The summed E-state index contributed by atoms with van der Waals surface area (Å²) in [6.45, 7) is 4.34. The first-order valence-corrected chi connectivity index (χ1v) is 8.80. The summed E-state index contributed by atoms with van der Waals surface area (Å²) < 4.78 is 5.37. The fourth-order valence-corrected chi connectivity index (χ4v) is 3.19. The first-order chi connectivity index (χ1) is 12.2. The molecule has 4 rings (SSSR count). The normalized spacial score (nSPS) is 11.3. The number of benzene rings is 1. The number of thiazole rings is 1. The molecule has 1 N–H and O–H groups in total. The molecule has 0 amide bonds. The average Bonchev–Trinajstić information content (AvgIpc) is 3.37. The molecule has 0 unspecified atom stereocenters. The van der Waals surface area contributed by atoms with Crippen molar-refractivity contribution in [2.24, 2.45) is 0 Å². The number of aromatic amines is 1. The fourth-order valence-electron chi connectivity index (χ4n) is 2.42. The van der Waals surface area contributed by atoms with Gasteiger partial charge in [0.25, 0.3) is 0 Å². The van der Waals surface area contributed by atoms with Gasteiger partial charge in [-0.05, 0) is 11.5 Å². The minimum atomic E-state index is 0.488. The van der Waals surface area contributed by atoms with Crippen LogP contribution in [0.25, 0.3) is 22.2 Å². The zero-order chi connectivity index (χ0) is 17.2. The van der Waals surface area contributed by atoms with E-state index in [4.69, 9.17) is 4.52 Å². The smallest absolute Gasteiger partial charge is 0.233 e. The van der Waals surface area contributed by atoms with E-state index in [0.29, 0.717) is 29.9 Å². The molecule has 0 saturated heterocycles. The summed E-state index contributed by atoms with van der Waals surface area (Å²) in [4.78, 5) is 13.1. The molecule has 0 radical (unpaired) electrons. The van der Waals surface area contributed by atoms with Crippen LogP contribution in [0.15, 0.2) is 40.5 Å². The lowest BCUT2D eigenvalue weighted by Gasteiger charge is -2.04. The number of nitrogens with one attached hydrogen (secondary N) is 1. The van der Waals surface area contributed by atoms with Crippen molar-refractivity contribution in [1.29, 1.82) is 0 Å². The SMILES string of the molecule is CC(C)c1ccc(-c2noc(Cc3csc(-c4ncn[nH]4)n3)n2)cc1. The molecule has 0 atom stereocenters. The molecule has 8 heteroatoms. The first-order valence-electron chi connectivity index (χ1n) is 7.92. The van der Waals surface area contributed by atoms with Crippen molar-refractivity contribution in [3.63, 3.8) is 0 Å². The van der Waals surface area contributed by atoms with E-state index >= 15 is 0 Å². The van der Waals surface area contributed by atoms with Crippen molar-refractivity contribution in [2.75, 3.05) is 0 Å². The van der Waals surface area contributed by atoms with Crippen LogP contribution in [0.4, 0.5) is 0 Å². The van der Waals surface area contributed by atoms with Gasteiger partial charge in [-0.3, -0.25) is 5.10 Å². The molecule has 126 valence electrons. The van der Waals surface area contributed by atoms with Crippen LogP contribution in [0.1, 0.15) is 36.9 Å². The third-order valence-corrected chi connectivity index (χ3v) is 4.70. The maximum atomic E-state index is 5.37. The number of rotatable bonds is 5. The highest BCUT2D eigenvalue weighted by Crippen LogP contribution is 2.23. The van der Waals surface area contributed by atoms with Gasteiger partial charge in [-0.25, -0.2) is 9.97 Å². The number of hydrogen-bond acceptors (Lipinski definition) is 7. The highest BCUT2D eigenvalue weighted by Gasteiger charge is 2.13. The zero-order valence-electron chi connectivity index (χ0n) is 13.8. The van der Waals surface area contributed by atoms with E-state index in [1.165, 1.54) is 23.2 Å². The van der Waals surface area contributed by atoms with Crippen LogP contribution in [0.5, 0.6) is 0 Å². The monoisotopic (exact) mass is 352 g/mol. The van der Waals surface area contributed by atoms with Crippen molar-refractivity contribution in [2.45, 2.75) is 26.2 Å². The molecule has 0 aliphatic carbocycles. The number of nitrogens with zero attached hydrogens (tertiary/aromatic N) is 5. The highest BCUT2D eigenvalue weighted by molar-refractivity contribution is 7.13. The van der Waals surface area contributed by atoms with Crippen molar-refractivity contribution in [3.05, 3.63) is 53.1 Å². The summed E-state index contributed by atoms with van der Waals surface area (Å²) in [7, 11) is 0. The Hall–Kier alpha value is -2.87. The molecule has 25 heavy (non-hydrogen) atoms. The van der Waals surface area contributed by atoms with Crippen LogP contribution in [-0.4, -0.2) is 30.3 Å². The predicted octanol–water partition coefficient (Wildman–Crippen LogP) is 3.69. The molecule has 0 aliphatic rings. The lowest BCUT2D eigenvalue weighted by atomic mass is 10.0.